The Morgan fingerprint density at radius 2 is 1.85 bits per heavy atom. The van der Waals surface area contributed by atoms with Gasteiger partial charge >= 0.3 is 0 Å². The molecule has 0 bridgehead atoms. The van der Waals surface area contributed by atoms with Crippen molar-refractivity contribution in [2.24, 2.45) is 0 Å². The fraction of sp³-hybridized carbons (Fsp3) is 0.250. The Bertz CT molecular complexity index is 581. The summed E-state index contributed by atoms with van der Waals surface area (Å²) in [7, 11) is 0. The molecule has 0 amide bonds. The lowest BCUT2D eigenvalue weighted by Crippen LogP contribution is -2.12. The number of benzene rings is 2. The maximum absolute atomic E-state index is 13.0. The SMILES string of the molecule is Cc1cccc(C)c1OCCNc1ccc(F)c(Cl)c1. The molecule has 0 fully saturated rings. The molecule has 0 radical (unpaired) electrons. The number of rotatable bonds is 5. The van der Waals surface area contributed by atoms with E-state index in [-0.39, 0.29) is 5.02 Å². The quantitative estimate of drug-likeness (QED) is 0.814. The van der Waals surface area contributed by atoms with Crippen LogP contribution in [0.5, 0.6) is 5.75 Å². The smallest absolute Gasteiger partial charge is 0.141 e. The molecule has 2 aromatic rings. The molecule has 0 aliphatic carbocycles. The van der Waals surface area contributed by atoms with Crippen LogP contribution in [0.2, 0.25) is 5.02 Å². The fourth-order valence-corrected chi connectivity index (χ4v) is 2.16. The Labute approximate surface area is 123 Å². The van der Waals surface area contributed by atoms with Gasteiger partial charge in [-0.3, -0.25) is 0 Å². The van der Waals surface area contributed by atoms with Crippen LogP contribution in [0.4, 0.5) is 10.1 Å². The molecule has 106 valence electrons. The van der Waals surface area contributed by atoms with Gasteiger partial charge in [-0.2, -0.15) is 0 Å². The predicted octanol–water partition coefficient (Wildman–Crippen LogP) is 4.59. The third-order valence-corrected chi connectivity index (χ3v) is 3.30. The highest BCUT2D eigenvalue weighted by molar-refractivity contribution is 6.31. The van der Waals surface area contributed by atoms with Gasteiger partial charge in [0, 0.05) is 12.2 Å². The number of para-hydroxylation sites is 1. The van der Waals surface area contributed by atoms with E-state index in [1.165, 1.54) is 6.07 Å². The number of anilines is 1. The second-order valence-corrected chi connectivity index (χ2v) is 5.03. The maximum Gasteiger partial charge on any atom is 0.141 e. The molecule has 0 aromatic heterocycles. The van der Waals surface area contributed by atoms with Gasteiger partial charge in [0.2, 0.25) is 0 Å². The van der Waals surface area contributed by atoms with E-state index in [0.29, 0.717) is 13.2 Å². The first-order valence-electron chi connectivity index (χ1n) is 6.46. The molecule has 0 aliphatic rings. The molecule has 2 aromatic carbocycles. The number of ether oxygens (including phenoxy) is 1. The highest BCUT2D eigenvalue weighted by Gasteiger charge is 2.03. The lowest BCUT2D eigenvalue weighted by atomic mass is 10.1. The van der Waals surface area contributed by atoms with Gasteiger partial charge in [-0.05, 0) is 43.2 Å². The van der Waals surface area contributed by atoms with Crippen molar-refractivity contribution in [3.05, 3.63) is 58.4 Å². The van der Waals surface area contributed by atoms with E-state index in [0.717, 1.165) is 22.6 Å². The minimum Gasteiger partial charge on any atom is -0.491 e. The number of hydrogen-bond acceptors (Lipinski definition) is 2. The van der Waals surface area contributed by atoms with Crippen molar-refractivity contribution in [2.45, 2.75) is 13.8 Å². The summed E-state index contributed by atoms with van der Waals surface area (Å²) in [6, 6.07) is 10.6. The molecule has 0 heterocycles. The van der Waals surface area contributed by atoms with Crippen molar-refractivity contribution in [1.82, 2.24) is 0 Å². The van der Waals surface area contributed by atoms with E-state index in [9.17, 15) is 4.39 Å². The van der Waals surface area contributed by atoms with Crippen molar-refractivity contribution < 1.29 is 9.13 Å². The first-order valence-corrected chi connectivity index (χ1v) is 6.83. The van der Waals surface area contributed by atoms with E-state index < -0.39 is 5.82 Å². The summed E-state index contributed by atoms with van der Waals surface area (Å²) in [5.74, 6) is 0.510. The highest BCUT2D eigenvalue weighted by atomic mass is 35.5. The van der Waals surface area contributed by atoms with E-state index in [4.69, 9.17) is 16.3 Å². The van der Waals surface area contributed by atoms with Crippen LogP contribution in [-0.2, 0) is 0 Å². The molecule has 20 heavy (non-hydrogen) atoms. The average Bonchev–Trinajstić information content (AvgIpc) is 2.41. The van der Waals surface area contributed by atoms with E-state index in [2.05, 4.69) is 5.32 Å². The van der Waals surface area contributed by atoms with Crippen LogP contribution in [-0.4, -0.2) is 13.2 Å². The molecular weight excluding hydrogens is 277 g/mol. The standard InChI is InChI=1S/C16H17ClFNO/c1-11-4-3-5-12(2)16(11)20-9-8-19-13-6-7-15(18)14(17)10-13/h3-7,10,19H,8-9H2,1-2H3. The van der Waals surface area contributed by atoms with Gasteiger partial charge in [-0.15, -0.1) is 0 Å². The van der Waals surface area contributed by atoms with Crippen LogP contribution in [0, 0.1) is 19.7 Å². The normalized spacial score (nSPS) is 10.4. The van der Waals surface area contributed by atoms with Crippen molar-refractivity contribution in [1.29, 1.82) is 0 Å². The zero-order valence-corrected chi connectivity index (χ0v) is 12.3. The summed E-state index contributed by atoms with van der Waals surface area (Å²) in [6.07, 6.45) is 0. The zero-order chi connectivity index (χ0) is 14.5. The Kier molecular flexibility index (Phi) is 4.85. The van der Waals surface area contributed by atoms with Gasteiger partial charge in [-0.1, -0.05) is 29.8 Å². The van der Waals surface area contributed by atoms with Crippen molar-refractivity contribution in [3.63, 3.8) is 0 Å². The predicted molar refractivity (Wildman–Crippen MR) is 81.3 cm³/mol. The molecule has 0 saturated carbocycles. The second kappa shape index (κ2) is 6.62. The zero-order valence-electron chi connectivity index (χ0n) is 11.5. The molecule has 0 atom stereocenters. The van der Waals surface area contributed by atoms with Crippen LogP contribution in [0.25, 0.3) is 0 Å². The van der Waals surface area contributed by atoms with Crippen molar-refractivity contribution in [3.8, 4) is 5.75 Å². The monoisotopic (exact) mass is 293 g/mol. The Morgan fingerprint density at radius 3 is 2.50 bits per heavy atom. The van der Waals surface area contributed by atoms with Crippen LogP contribution in [0.15, 0.2) is 36.4 Å². The van der Waals surface area contributed by atoms with Crippen LogP contribution < -0.4 is 10.1 Å². The van der Waals surface area contributed by atoms with Crippen LogP contribution >= 0.6 is 11.6 Å². The van der Waals surface area contributed by atoms with Crippen LogP contribution in [0.3, 0.4) is 0 Å². The Balaban J connectivity index is 1.86. The Hall–Kier alpha value is -1.74. The lowest BCUT2D eigenvalue weighted by Gasteiger charge is -2.13. The lowest BCUT2D eigenvalue weighted by molar-refractivity contribution is 0.328. The third-order valence-electron chi connectivity index (χ3n) is 3.01. The number of halogens is 2. The van der Waals surface area contributed by atoms with Crippen molar-refractivity contribution in [2.75, 3.05) is 18.5 Å². The van der Waals surface area contributed by atoms with Gasteiger partial charge in [0.25, 0.3) is 0 Å². The number of nitrogens with one attached hydrogen (secondary N) is 1. The van der Waals surface area contributed by atoms with E-state index >= 15 is 0 Å². The van der Waals surface area contributed by atoms with Gasteiger partial charge in [0.15, 0.2) is 0 Å². The molecule has 0 spiro atoms. The molecule has 2 rings (SSSR count). The number of hydrogen-bond donors (Lipinski definition) is 1. The fourth-order valence-electron chi connectivity index (χ4n) is 1.98. The molecule has 0 unspecified atom stereocenters. The van der Waals surface area contributed by atoms with E-state index in [1.54, 1.807) is 12.1 Å². The summed E-state index contributed by atoms with van der Waals surface area (Å²) in [4.78, 5) is 0. The maximum atomic E-state index is 13.0. The summed E-state index contributed by atoms with van der Waals surface area (Å²) in [5, 5.41) is 3.26. The number of aryl methyl sites for hydroxylation is 2. The van der Waals surface area contributed by atoms with E-state index in [1.807, 2.05) is 32.0 Å². The topological polar surface area (TPSA) is 21.3 Å². The highest BCUT2D eigenvalue weighted by Crippen LogP contribution is 2.22. The largest absolute Gasteiger partial charge is 0.491 e. The van der Waals surface area contributed by atoms with Gasteiger partial charge in [0.05, 0.1) is 5.02 Å². The first kappa shape index (κ1) is 14.7. The summed E-state index contributed by atoms with van der Waals surface area (Å²) < 4.78 is 18.8. The molecule has 0 aliphatic heterocycles. The summed E-state index contributed by atoms with van der Waals surface area (Å²) in [6.45, 7) is 5.20. The molecule has 2 nitrogen and oxygen atoms in total. The van der Waals surface area contributed by atoms with Gasteiger partial charge in [-0.25, -0.2) is 4.39 Å². The van der Waals surface area contributed by atoms with Crippen molar-refractivity contribution >= 4 is 17.3 Å². The van der Waals surface area contributed by atoms with Gasteiger partial charge < -0.3 is 10.1 Å². The Morgan fingerprint density at radius 1 is 1.15 bits per heavy atom. The van der Waals surface area contributed by atoms with Gasteiger partial charge in [0.1, 0.15) is 18.2 Å². The summed E-state index contributed by atoms with van der Waals surface area (Å²) in [5.41, 5.74) is 3.02. The van der Waals surface area contributed by atoms with Crippen LogP contribution in [0.1, 0.15) is 11.1 Å². The minimum absolute atomic E-state index is 0.116. The minimum atomic E-state index is -0.413. The molecule has 4 heteroatoms. The molecule has 1 N–H and O–H groups in total. The second-order valence-electron chi connectivity index (χ2n) is 4.63. The summed E-state index contributed by atoms with van der Waals surface area (Å²) >= 11 is 5.72. The molecular formula is C16H17ClFNO. The first-order chi connectivity index (χ1) is 9.58. The third kappa shape index (κ3) is 3.64. The average molecular weight is 294 g/mol. The molecule has 0 saturated heterocycles.